The fraction of sp³-hybridized carbons (Fsp3) is 0.269. The highest BCUT2D eigenvalue weighted by Gasteiger charge is 2.28. The van der Waals surface area contributed by atoms with Crippen molar-refractivity contribution in [3.63, 3.8) is 0 Å². The van der Waals surface area contributed by atoms with Crippen LogP contribution in [0.5, 0.6) is 5.75 Å². The van der Waals surface area contributed by atoms with Crippen molar-refractivity contribution in [1.29, 1.82) is 0 Å². The first kappa shape index (κ1) is 22.6. The second-order valence-electron chi connectivity index (χ2n) is 8.53. The molecule has 0 radical (unpaired) electrons. The van der Waals surface area contributed by atoms with Crippen molar-refractivity contribution in [2.75, 3.05) is 11.9 Å². The maximum Gasteiger partial charge on any atom is 0.256 e. The van der Waals surface area contributed by atoms with Gasteiger partial charge in [-0.25, -0.2) is 4.98 Å². The molecule has 1 aliphatic heterocycles. The van der Waals surface area contributed by atoms with Crippen LogP contribution in [0.2, 0.25) is 0 Å². The average Bonchev–Trinajstić information content (AvgIpc) is 3.38. The maximum atomic E-state index is 13.2. The molecule has 174 valence electrons. The number of thiophene rings is 1. The molecular weight excluding hydrogens is 466 g/mol. The Balaban J connectivity index is 1.51. The zero-order chi connectivity index (χ0) is 23.8. The molecule has 0 bridgehead atoms. The van der Waals surface area contributed by atoms with Gasteiger partial charge in [0, 0.05) is 29.5 Å². The van der Waals surface area contributed by atoms with Crippen LogP contribution in [0.1, 0.15) is 41.6 Å². The summed E-state index contributed by atoms with van der Waals surface area (Å²) in [6.45, 7) is 6.76. The lowest BCUT2D eigenvalue weighted by Crippen LogP contribution is -2.33. The van der Waals surface area contributed by atoms with Crippen LogP contribution in [0.3, 0.4) is 0 Å². The van der Waals surface area contributed by atoms with Crippen molar-refractivity contribution in [3.8, 4) is 16.3 Å². The number of para-hydroxylation sites is 1. The van der Waals surface area contributed by atoms with Crippen LogP contribution < -0.4 is 10.1 Å². The standard InChI is InChI=1S/C26H25N3O3S2/c1-15(2)32-18-10-8-17(9-11-18)24(31)28-26-23(25-27-20-6-4-5-7-21(20)33-25)19-12-13-29(16(3)30)14-22(19)34-26/h4-11,15H,12-14H2,1-3H3,(H,28,31). The third-order valence-electron chi connectivity index (χ3n) is 5.73. The van der Waals surface area contributed by atoms with Gasteiger partial charge in [0.15, 0.2) is 0 Å². The maximum absolute atomic E-state index is 13.2. The van der Waals surface area contributed by atoms with Crippen molar-refractivity contribution in [1.82, 2.24) is 9.88 Å². The van der Waals surface area contributed by atoms with Gasteiger partial charge in [-0.2, -0.15) is 0 Å². The highest BCUT2D eigenvalue weighted by molar-refractivity contribution is 7.23. The Labute approximate surface area is 206 Å². The van der Waals surface area contributed by atoms with Gasteiger partial charge in [0.05, 0.1) is 22.9 Å². The zero-order valence-corrected chi connectivity index (χ0v) is 20.9. The summed E-state index contributed by atoms with van der Waals surface area (Å²) in [4.78, 5) is 33.0. The number of anilines is 1. The molecule has 0 aliphatic carbocycles. The first-order valence-electron chi connectivity index (χ1n) is 11.2. The number of rotatable bonds is 5. The number of ether oxygens (including phenoxy) is 1. The van der Waals surface area contributed by atoms with Crippen LogP contribution in [-0.4, -0.2) is 34.3 Å². The monoisotopic (exact) mass is 491 g/mol. The fourth-order valence-corrected chi connectivity index (χ4v) is 6.47. The molecule has 3 heterocycles. The Morgan fingerprint density at radius 2 is 1.85 bits per heavy atom. The largest absolute Gasteiger partial charge is 0.491 e. The molecular formula is C26H25N3O3S2. The number of nitrogens with zero attached hydrogens (tertiary/aromatic N) is 2. The Morgan fingerprint density at radius 1 is 1.09 bits per heavy atom. The Kier molecular flexibility index (Phi) is 6.10. The second kappa shape index (κ2) is 9.19. The number of aromatic nitrogens is 1. The van der Waals surface area contributed by atoms with E-state index in [4.69, 9.17) is 9.72 Å². The summed E-state index contributed by atoms with van der Waals surface area (Å²) in [5.41, 5.74) is 3.67. The summed E-state index contributed by atoms with van der Waals surface area (Å²) in [7, 11) is 0. The van der Waals surface area contributed by atoms with Gasteiger partial charge in [-0.05, 0) is 62.2 Å². The van der Waals surface area contributed by atoms with Gasteiger partial charge < -0.3 is 15.0 Å². The Bertz CT molecular complexity index is 1340. The van der Waals surface area contributed by atoms with E-state index in [0.717, 1.165) is 42.8 Å². The lowest BCUT2D eigenvalue weighted by atomic mass is 10.0. The van der Waals surface area contributed by atoms with Gasteiger partial charge >= 0.3 is 0 Å². The van der Waals surface area contributed by atoms with Crippen molar-refractivity contribution in [3.05, 3.63) is 64.5 Å². The van der Waals surface area contributed by atoms with Crippen molar-refractivity contribution in [2.24, 2.45) is 0 Å². The van der Waals surface area contributed by atoms with E-state index in [-0.39, 0.29) is 17.9 Å². The van der Waals surface area contributed by atoms with E-state index >= 15 is 0 Å². The molecule has 0 atom stereocenters. The number of amides is 2. The summed E-state index contributed by atoms with van der Waals surface area (Å²) in [5.74, 6) is 0.619. The molecule has 0 unspecified atom stereocenters. The van der Waals surface area contributed by atoms with Gasteiger partial charge in [-0.1, -0.05) is 12.1 Å². The highest BCUT2D eigenvalue weighted by atomic mass is 32.1. The van der Waals surface area contributed by atoms with E-state index in [9.17, 15) is 9.59 Å². The average molecular weight is 492 g/mol. The Hall–Kier alpha value is -3.23. The van der Waals surface area contributed by atoms with Crippen LogP contribution in [0.15, 0.2) is 48.5 Å². The summed E-state index contributed by atoms with van der Waals surface area (Å²) in [6, 6.07) is 15.2. The van der Waals surface area contributed by atoms with Crippen molar-refractivity contribution < 1.29 is 14.3 Å². The molecule has 0 saturated carbocycles. The van der Waals surface area contributed by atoms with E-state index in [1.54, 1.807) is 30.4 Å². The van der Waals surface area contributed by atoms with Crippen LogP contribution >= 0.6 is 22.7 Å². The molecule has 5 rings (SSSR count). The molecule has 2 aromatic carbocycles. The molecule has 0 fully saturated rings. The number of thiazole rings is 1. The van der Waals surface area contributed by atoms with Crippen LogP contribution in [0.4, 0.5) is 5.00 Å². The highest BCUT2D eigenvalue weighted by Crippen LogP contribution is 2.45. The quantitative estimate of drug-likeness (QED) is 0.373. The predicted octanol–water partition coefficient (Wildman–Crippen LogP) is 5.97. The van der Waals surface area contributed by atoms with Gasteiger partial charge in [0.2, 0.25) is 5.91 Å². The van der Waals surface area contributed by atoms with E-state index in [0.29, 0.717) is 18.7 Å². The van der Waals surface area contributed by atoms with E-state index in [1.807, 2.05) is 49.1 Å². The molecule has 2 aromatic heterocycles. The zero-order valence-electron chi connectivity index (χ0n) is 19.3. The topological polar surface area (TPSA) is 71.5 Å². The Morgan fingerprint density at radius 3 is 2.56 bits per heavy atom. The number of nitrogens with one attached hydrogen (secondary N) is 1. The predicted molar refractivity (Wildman–Crippen MR) is 138 cm³/mol. The lowest BCUT2D eigenvalue weighted by molar-refractivity contribution is -0.129. The van der Waals surface area contributed by atoms with Crippen molar-refractivity contribution >= 4 is 49.7 Å². The minimum absolute atomic E-state index is 0.0647. The van der Waals surface area contributed by atoms with Gasteiger partial charge in [0.25, 0.3) is 5.91 Å². The fourth-order valence-electron chi connectivity index (χ4n) is 4.10. The normalized spacial score (nSPS) is 13.2. The third-order valence-corrected chi connectivity index (χ3v) is 7.91. The minimum atomic E-state index is -0.180. The first-order chi connectivity index (χ1) is 16.4. The molecule has 6 nitrogen and oxygen atoms in total. The van der Waals surface area contributed by atoms with Crippen LogP contribution in [0.25, 0.3) is 20.8 Å². The molecule has 0 saturated heterocycles. The molecule has 8 heteroatoms. The van der Waals surface area contributed by atoms with E-state index < -0.39 is 0 Å². The molecule has 1 N–H and O–H groups in total. The number of hydrogen-bond acceptors (Lipinski definition) is 6. The third kappa shape index (κ3) is 4.43. The molecule has 34 heavy (non-hydrogen) atoms. The van der Waals surface area contributed by atoms with Crippen molar-refractivity contribution in [2.45, 2.75) is 39.8 Å². The van der Waals surface area contributed by atoms with E-state index in [1.165, 1.54) is 16.9 Å². The number of hydrogen-bond donors (Lipinski definition) is 1. The second-order valence-corrected chi connectivity index (χ2v) is 10.7. The van der Waals surface area contributed by atoms with Gasteiger partial charge in [-0.3, -0.25) is 9.59 Å². The summed E-state index contributed by atoms with van der Waals surface area (Å²) < 4.78 is 6.80. The molecule has 0 spiro atoms. The molecule has 1 aliphatic rings. The number of carbonyl (C=O) groups is 2. The number of benzene rings is 2. The summed E-state index contributed by atoms with van der Waals surface area (Å²) in [6.07, 6.45) is 0.816. The van der Waals surface area contributed by atoms with Crippen LogP contribution in [-0.2, 0) is 17.8 Å². The van der Waals surface area contributed by atoms with Crippen LogP contribution in [0, 0.1) is 0 Å². The summed E-state index contributed by atoms with van der Waals surface area (Å²) in [5, 5.41) is 4.81. The number of carbonyl (C=O) groups excluding carboxylic acids is 2. The summed E-state index contributed by atoms with van der Waals surface area (Å²) >= 11 is 3.17. The lowest BCUT2D eigenvalue weighted by Gasteiger charge is -2.26. The molecule has 2 amide bonds. The van der Waals surface area contributed by atoms with Gasteiger partial charge in [0.1, 0.15) is 15.8 Å². The minimum Gasteiger partial charge on any atom is -0.491 e. The first-order valence-corrected chi connectivity index (χ1v) is 12.9. The van der Waals surface area contributed by atoms with Gasteiger partial charge in [-0.15, -0.1) is 22.7 Å². The smallest absolute Gasteiger partial charge is 0.256 e. The van der Waals surface area contributed by atoms with E-state index in [2.05, 4.69) is 11.4 Å². The SMILES string of the molecule is CC(=O)N1CCc2c(sc(NC(=O)c3ccc(OC(C)C)cc3)c2-c2nc3ccccc3s2)C1. The molecule has 4 aromatic rings. The number of fused-ring (bicyclic) bond motifs is 2.